The molecule has 0 spiro atoms. The van der Waals surface area contributed by atoms with Crippen molar-refractivity contribution in [2.24, 2.45) is 5.73 Å². The lowest BCUT2D eigenvalue weighted by atomic mass is 10.0. The fourth-order valence-corrected chi connectivity index (χ4v) is 13.0. The highest BCUT2D eigenvalue weighted by molar-refractivity contribution is 7.47. The first-order valence-electron chi connectivity index (χ1n) is 41.6. The molecule has 0 bridgehead atoms. The number of rotatable bonds is 77. The van der Waals surface area contributed by atoms with Gasteiger partial charge in [0.2, 0.25) is 0 Å². The number of phosphoric ester groups is 2. The van der Waals surface area contributed by atoms with E-state index < -0.39 is 53.0 Å². The molecule has 598 valence electrons. The van der Waals surface area contributed by atoms with Gasteiger partial charge in [0.05, 0.1) is 41.0 Å². The molecule has 0 heterocycles. The summed E-state index contributed by atoms with van der Waals surface area (Å²) in [6, 6.07) is 0. The Morgan fingerprint density at radius 1 is 0.327 bits per heavy atom. The van der Waals surface area contributed by atoms with Crippen LogP contribution in [0.5, 0.6) is 0 Å². The molecule has 101 heavy (non-hydrogen) atoms. The lowest BCUT2D eigenvalue weighted by molar-refractivity contribution is -0.870. The summed E-state index contributed by atoms with van der Waals surface area (Å²) < 4.78 is 66.9. The van der Waals surface area contributed by atoms with Crippen LogP contribution in [0.1, 0.15) is 387 Å². The maximum absolute atomic E-state index is 12.7. The SMILES string of the molecule is CCCCCCCC/C=C\CCCCCCCC(=O)O[C@H](COC(=O)CCCCCCCCCCCCCCC)COP(=O)(O)OCCN.CCCCCCCC/C=C\CCCCCCCC(=O)O[C@H](COC(=O)CCCCCCCCCCCCCCC)COP(=O)(O)OCC[N+](C)(C)C. The topological polar surface area (TPSA) is 243 Å². The molecule has 0 radical (unpaired) electrons. The molecular weight excluding hydrogens is 1320 g/mol. The van der Waals surface area contributed by atoms with Gasteiger partial charge in [-0.25, -0.2) is 9.13 Å². The summed E-state index contributed by atoms with van der Waals surface area (Å²) in [6.45, 7) is 8.14. The highest BCUT2D eigenvalue weighted by atomic mass is 31.2. The van der Waals surface area contributed by atoms with Crippen molar-refractivity contribution in [1.29, 1.82) is 0 Å². The van der Waals surface area contributed by atoms with Crippen LogP contribution in [0.15, 0.2) is 24.3 Å². The third-order valence-corrected chi connectivity index (χ3v) is 19.9. The summed E-state index contributed by atoms with van der Waals surface area (Å²) in [6.07, 6.45) is 70.5. The van der Waals surface area contributed by atoms with Crippen molar-refractivity contribution >= 4 is 39.5 Å². The van der Waals surface area contributed by atoms with Crippen molar-refractivity contribution < 1.29 is 79.6 Å². The number of unbranched alkanes of at least 4 members (excludes halogenated alkanes) is 46. The van der Waals surface area contributed by atoms with Gasteiger partial charge in [0, 0.05) is 32.2 Å². The molecule has 0 fully saturated rings. The van der Waals surface area contributed by atoms with E-state index in [4.69, 9.17) is 42.8 Å². The predicted molar refractivity (Wildman–Crippen MR) is 417 cm³/mol. The van der Waals surface area contributed by atoms with Gasteiger partial charge < -0.3 is 39.0 Å². The minimum absolute atomic E-state index is 0.0331. The molecule has 0 saturated heterocycles. The monoisotopic (exact) mass is 1480 g/mol. The normalized spacial score (nSPS) is 13.6. The summed E-state index contributed by atoms with van der Waals surface area (Å²) >= 11 is 0. The molecule has 4 atom stereocenters. The van der Waals surface area contributed by atoms with Crippen molar-refractivity contribution in [3.05, 3.63) is 24.3 Å². The van der Waals surface area contributed by atoms with E-state index in [1.54, 1.807) is 0 Å². The van der Waals surface area contributed by atoms with E-state index in [2.05, 4.69) is 52.0 Å². The largest absolute Gasteiger partial charge is 0.472 e. The zero-order valence-corrected chi connectivity index (χ0v) is 68.0. The van der Waals surface area contributed by atoms with Crippen LogP contribution in [0.4, 0.5) is 0 Å². The zero-order valence-electron chi connectivity index (χ0n) is 66.2. The Kier molecular flexibility index (Phi) is 75.4. The Hall–Kier alpha value is -2.50. The second kappa shape index (κ2) is 75.7. The van der Waals surface area contributed by atoms with E-state index in [1.807, 2.05) is 21.1 Å². The van der Waals surface area contributed by atoms with E-state index in [9.17, 15) is 38.1 Å². The number of nitrogens with two attached hydrogens (primary N) is 1. The van der Waals surface area contributed by atoms with Crippen LogP contribution in [-0.2, 0) is 65.4 Å². The number of carbonyl (C=O) groups is 4. The van der Waals surface area contributed by atoms with Crippen LogP contribution >= 0.6 is 15.6 Å². The van der Waals surface area contributed by atoms with Gasteiger partial charge in [0.15, 0.2) is 12.2 Å². The van der Waals surface area contributed by atoms with Gasteiger partial charge in [-0.15, -0.1) is 0 Å². The second-order valence-electron chi connectivity index (χ2n) is 29.2. The van der Waals surface area contributed by atoms with Gasteiger partial charge in [-0.3, -0.25) is 37.3 Å². The van der Waals surface area contributed by atoms with Crippen LogP contribution in [0.3, 0.4) is 0 Å². The number of esters is 4. The number of allylic oxidation sites excluding steroid dienone is 4. The second-order valence-corrected chi connectivity index (χ2v) is 32.1. The van der Waals surface area contributed by atoms with Gasteiger partial charge in [-0.2, -0.15) is 0 Å². The van der Waals surface area contributed by atoms with E-state index in [0.717, 1.165) is 103 Å². The molecule has 4 N–H and O–H groups in total. The Balaban J connectivity index is 0. The molecule has 18 nitrogen and oxygen atoms in total. The number of likely N-dealkylation sites (N-methyl/N-ethyl adjacent to an activating group) is 1. The van der Waals surface area contributed by atoms with Crippen molar-refractivity contribution in [2.75, 3.05) is 73.9 Å². The van der Waals surface area contributed by atoms with E-state index in [1.165, 1.54) is 218 Å². The molecule has 0 rings (SSSR count). The lowest BCUT2D eigenvalue weighted by Crippen LogP contribution is -2.37. The number of hydrogen-bond donors (Lipinski definition) is 3. The van der Waals surface area contributed by atoms with Crippen LogP contribution in [0.2, 0.25) is 0 Å². The Bertz CT molecular complexity index is 2010. The number of nitrogens with zero attached hydrogens (tertiary/aromatic N) is 1. The summed E-state index contributed by atoms with van der Waals surface area (Å²) in [4.78, 5) is 70.0. The number of hydrogen-bond acceptors (Lipinski definition) is 15. The highest BCUT2D eigenvalue weighted by Crippen LogP contribution is 2.44. The molecule has 0 aliphatic rings. The fourth-order valence-electron chi connectivity index (χ4n) is 11.5. The van der Waals surface area contributed by atoms with Gasteiger partial charge in [0.25, 0.3) is 0 Å². The summed E-state index contributed by atoms with van der Waals surface area (Å²) in [5.74, 6) is -1.63. The van der Waals surface area contributed by atoms with Crippen molar-refractivity contribution in [1.82, 2.24) is 0 Å². The van der Waals surface area contributed by atoms with E-state index in [0.29, 0.717) is 30.3 Å². The number of quaternary nitrogens is 1. The standard InChI is InChI=1S/C42H82NO8P.C39H76NO8P/c1-6-8-10-12-14-16-18-20-21-23-25-27-29-31-33-35-42(45)51-40(39-50-52(46,47)49-37-36-43(3,4)5)38-48-41(44)34-32-30-28-26-24-22-19-17-15-13-11-9-7-2;1-3-5-7-9-11-13-15-17-18-20-22-24-26-28-30-32-39(42)48-37(36-47-49(43,44)46-34-33-40)35-45-38(41)31-29-27-25-23-21-19-16-14-12-10-8-6-4-2/h20-21,40H,6-19,22-39H2,1-5H3;17-18,37H,3-16,19-36,40H2,1-2H3,(H,43,44)/p+1/b21-20-;18-17-/t40-;37-/m11/s1. The van der Waals surface area contributed by atoms with Gasteiger partial charge in [0.1, 0.15) is 26.4 Å². The van der Waals surface area contributed by atoms with Crippen LogP contribution in [0, 0.1) is 0 Å². The minimum Gasteiger partial charge on any atom is -0.462 e. The zero-order chi connectivity index (χ0) is 74.7. The average molecular weight is 1480 g/mol. The van der Waals surface area contributed by atoms with Crippen LogP contribution < -0.4 is 5.73 Å². The Labute approximate surface area is 619 Å². The first-order chi connectivity index (χ1) is 48.8. The minimum atomic E-state index is -4.37. The number of ether oxygens (including phenoxy) is 4. The molecule has 0 saturated carbocycles. The van der Waals surface area contributed by atoms with Gasteiger partial charge in [-0.05, 0) is 77.0 Å². The number of phosphoric acid groups is 2. The molecule has 20 heteroatoms. The predicted octanol–water partition coefficient (Wildman–Crippen LogP) is 22.9. The van der Waals surface area contributed by atoms with Crippen molar-refractivity contribution in [3.8, 4) is 0 Å². The molecule has 0 aromatic carbocycles. The van der Waals surface area contributed by atoms with E-state index >= 15 is 0 Å². The first-order valence-corrected chi connectivity index (χ1v) is 44.6. The molecule has 0 amide bonds. The van der Waals surface area contributed by atoms with Crippen LogP contribution in [0.25, 0.3) is 0 Å². The first kappa shape index (κ1) is 101. The van der Waals surface area contributed by atoms with Crippen LogP contribution in [-0.4, -0.2) is 124 Å². The maximum atomic E-state index is 12.7. The average Bonchev–Trinajstić information content (AvgIpc) is 1.14. The molecule has 0 aromatic heterocycles. The third-order valence-electron chi connectivity index (χ3n) is 17.9. The fraction of sp³-hybridized carbons (Fsp3) is 0.901. The summed E-state index contributed by atoms with van der Waals surface area (Å²) in [7, 11) is -2.89. The Morgan fingerprint density at radius 3 is 0.802 bits per heavy atom. The molecule has 2 unspecified atom stereocenters. The lowest BCUT2D eigenvalue weighted by Gasteiger charge is -2.24. The number of carbonyl (C=O) groups excluding carboxylic acids is 4. The molecular formula is C81H159N2O16P2+. The quantitative estimate of drug-likeness (QED) is 0.0128. The molecule has 0 aliphatic carbocycles. The summed E-state index contributed by atoms with van der Waals surface area (Å²) in [5, 5.41) is 0. The Morgan fingerprint density at radius 2 is 0.554 bits per heavy atom. The molecule has 0 aromatic rings. The van der Waals surface area contributed by atoms with E-state index in [-0.39, 0.29) is 64.2 Å². The third kappa shape index (κ3) is 81.4. The van der Waals surface area contributed by atoms with Gasteiger partial charge in [-0.1, -0.05) is 309 Å². The molecule has 0 aliphatic heterocycles. The highest BCUT2D eigenvalue weighted by Gasteiger charge is 2.28. The summed E-state index contributed by atoms with van der Waals surface area (Å²) in [5.41, 5.74) is 5.33. The van der Waals surface area contributed by atoms with Crippen molar-refractivity contribution in [2.45, 2.75) is 399 Å². The van der Waals surface area contributed by atoms with Gasteiger partial charge >= 0.3 is 39.5 Å². The van der Waals surface area contributed by atoms with Crippen molar-refractivity contribution in [3.63, 3.8) is 0 Å². The smallest absolute Gasteiger partial charge is 0.462 e. The maximum Gasteiger partial charge on any atom is 0.472 e.